The van der Waals surface area contributed by atoms with E-state index in [1.165, 1.54) is 25.0 Å². The van der Waals surface area contributed by atoms with Crippen molar-refractivity contribution in [2.75, 3.05) is 0 Å². The van der Waals surface area contributed by atoms with Gasteiger partial charge in [0.05, 0.1) is 6.10 Å². The van der Waals surface area contributed by atoms with Gasteiger partial charge < -0.3 is 9.84 Å². The van der Waals surface area contributed by atoms with Crippen molar-refractivity contribution in [1.29, 1.82) is 0 Å². The minimum atomic E-state index is -0.609. The Balaban J connectivity index is 1.82. The van der Waals surface area contributed by atoms with Crippen LogP contribution in [0.5, 0.6) is 5.75 Å². The van der Waals surface area contributed by atoms with Crippen molar-refractivity contribution in [3.05, 3.63) is 29.6 Å². The smallest absolute Gasteiger partial charge is 0.126 e. The fraction of sp³-hybridized carbons (Fsp3) is 0.667. The third-order valence-corrected chi connectivity index (χ3v) is 4.93. The quantitative estimate of drug-likeness (QED) is 0.862. The molecule has 3 heteroatoms. The van der Waals surface area contributed by atoms with Gasteiger partial charge in [0.15, 0.2) is 0 Å². The molecule has 2 unspecified atom stereocenters. The maximum Gasteiger partial charge on any atom is 0.126 e. The molecule has 0 bridgehead atoms. The minimum absolute atomic E-state index is 0.248. The molecule has 1 spiro atoms. The average Bonchev–Trinajstić information content (AvgIpc) is 2.39. The average molecular weight is 292 g/mol. The predicted octanol–water partition coefficient (Wildman–Crippen LogP) is 4.62. The van der Waals surface area contributed by atoms with Gasteiger partial charge in [0.1, 0.15) is 17.2 Å². The Hall–Kier alpha value is -1.09. The zero-order valence-corrected chi connectivity index (χ0v) is 12.9. The largest absolute Gasteiger partial charge is 0.487 e. The van der Waals surface area contributed by atoms with Gasteiger partial charge in [-0.3, -0.25) is 0 Å². The molecular formula is C18H25FO2. The molecule has 0 saturated heterocycles. The van der Waals surface area contributed by atoms with E-state index in [-0.39, 0.29) is 11.4 Å². The number of benzene rings is 1. The van der Waals surface area contributed by atoms with Gasteiger partial charge in [-0.15, -0.1) is 0 Å². The monoisotopic (exact) mass is 292 g/mol. The maximum absolute atomic E-state index is 13.3. The van der Waals surface area contributed by atoms with Crippen molar-refractivity contribution in [3.63, 3.8) is 0 Å². The van der Waals surface area contributed by atoms with E-state index in [4.69, 9.17) is 4.74 Å². The standard InChI is InChI=1S/C18H25FO2/c1-12(2)8-13-4-3-7-18(10-13)11-16(20)15-9-14(19)5-6-17(15)21-18/h5-6,9,12-13,16,20H,3-4,7-8,10-11H2,1-2H3/t13?,16-,18?/m1/s1. The molecule has 0 aromatic heterocycles. The summed E-state index contributed by atoms with van der Waals surface area (Å²) in [6.07, 6.45) is 5.63. The number of ether oxygens (including phenoxy) is 1. The first-order chi connectivity index (χ1) is 9.97. The van der Waals surface area contributed by atoms with Gasteiger partial charge in [-0.25, -0.2) is 4.39 Å². The Kier molecular flexibility index (Phi) is 3.96. The summed E-state index contributed by atoms with van der Waals surface area (Å²) in [6.45, 7) is 4.52. The second-order valence-corrected chi connectivity index (χ2v) is 7.28. The minimum Gasteiger partial charge on any atom is -0.487 e. The molecule has 1 heterocycles. The summed E-state index contributed by atoms with van der Waals surface area (Å²) in [5, 5.41) is 10.4. The van der Waals surface area contributed by atoms with E-state index >= 15 is 0 Å². The van der Waals surface area contributed by atoms with Crippen molar-refractivity contribution >= 4 is 0 Å². The highest BCUT2D eigenvalue weighted by Crippen LogP contribution is 2.48. The van der Waals surface area contributed by atoms with Crippen LogP contribution in [0.4, 0.5) is 4.39 Å². The second-order valence-electron chi connectivity index (χ2n) is 7.28. The summed E-state index contributed by atoms with van der Waals surface area (Å²) < 4.78 is 19.6. The summed E-state index contributed by atoms with van der Waals surface area (Å²) in [4.78, 5) is 0. The maximum atomic E-state index is 13.3. The van der Waals surface area contributed by atoms with Gasteiger partial charge in [-0.2, -0.15) is 0 Å². The summed E-state index contributed by atoms with van der Waals surface area (Å²) in [7, 11) is 0. The molecule has 2 aliphatic rings. The highest BCUT2D eigenvalue weighted by atomic mass is 19.1. The third kappa shape index (κ3) is 3.08. The van der Waals surface area contributed by atoms with Gasteiger partial charge in [0, 0.05) is 12.0 Å². The van der Waals surface area contributed by atoms with E-state index < -0.39 is 6.10 Å². The van der Waals surface area contributed by atoms with Crippen LogP contribution in [0.2, 0.25) is 0 Å². The van der Waals surface area contributed by atoms with Crippen molar-refractivity contribution in [2.24, 2.45) is 11.8 Å². The van der Waals surface area contributed by atoms with Crippen LogP contribution in [0.25, 0.3) is 0 Å². The molecule has 1 fully saturated rings. The van der Waals surface area contributed by atoms with E-state index in [0.717, 1.165) is 19.3 Å². The molecule has 2 nitrogen and oxygen atoms in total. The molecule has 1 saturated carbocycles. The lowest BCUT2D eigenvalue weighted by atomic mass is 9.71. The van der Waals surface area contributed by atoms with E-state index in [1.807, 2.05) is 0 Å². The molecule has 0 amide bonds. The number of hydrogen-bond donors (Lipinski definition) is 1. The van der Waals surface area contributed by atoms with Crippen molar-refractivity contribution in [2.45, 2.75) is 64.1 Å². The number of halogens is 1. The molecule has 0 radical (unpaired) electrons. The van der Waals surface area contributed by atoms with E-state index in [1.54, 1.807) is 6.07 Å². The van der Waals surface area contributed by atoms with E-state index in [9.17, 15) is 9.50 Å². The Morgan fingerprint density at radius 2 is 2.19 bits per heavy atom. The molecule has 1 aromatic rings. The fourth-order valence-electron chi connectivity index (χ4n) is 4.20. The lowest BCUT2D eigenvalue weighted by molar-refractivity contribution is -0.0540. The Morgan fingerprint density at radius 3 is 2.95 bits per heavy atom. The van der Waals surface area contributed by atoms with E-state index in [0.29, 0.717) is 29.6 Å². The Bertz CT molecular complexity index is 514. The first-order valence-electron chi connectivity index (χ1n) is 8.14. The zero-order chi connectivity index (χ0) is 15.0. The van der Waals surface area contributed by atoms with Crippen molar-refractivity contribution in [1.82, 2.24) is 0 Å². The molecule has 3 atom stereocenters. The second kappa shape index (κ2) is 5.60. The molecule has 1 N–H and O–H groups in total. The fourth-order valence-corrected chi connectivity index (χ4v) is 4.20. The molecule has 3 rings (SSSR count). The molecule has 116 valence electrons. The van der Waals surface area contributed by atoms with Crippen LogP contribution >= 0.6 is 0 Å². The van der Waals surface area contributed by atoms with Gasteiger partial charge in [0.25, 0.3) is 0 Å². The Morgan fingerprint density at radius 1 is 1.38 bits per heavy atom. The van der Waals surface area contributed by atoms with Crippen LogP contribution in [0.1, 0.15) is 64.0 Å². The Labute approximate surface area is 126 Å². The van der Waals surface area contributed by atoms with Crippen molar-refractivity contribution in [3.8, 4) is 5.75 Å². The van der Waals surface area contributed by atoms with Crippen LogP contribution < -0.4 is 4.74 Å². The molecule has 21 heavy (non-hydrogen) atoms. The normalized spacial score (nSPS) is 32.0. The number of hydrogen-bond acceptors (Lipinski definition) is 2. The third-order valence-electron chi connectivity index (χ3n) is 4.93. The summed E-state index contributed by atoms with van der Waals surface area (Å²) in [5.41, 5.74) is 0.355. The first kappa shape index (κ1) is 14.8. The van der Waals surface area contributed by atoms with Crippen LogP contribution in [0.3, 0.4) is 0 Å². The molecular weight excluding hydrogens is 267 g/mol. The lowest BCUT2D eigenvalue weighted by Crippen LogP contribution is -2.45. The van der Waals surface area contributed by atoms with Crippen LogP contribution in [0, 0.1) is 17.7 Å². The van der Waals surface area contributed by atoms with Crippen molar-refractivity contribution < 1.29 is 14.2 Å². The number of fused-ring (bicyclic) bond motifs is 1. The molecule has 1 aliphatic carbocycles. The van der Waals surface area contributed by atoms with Gasteiger partial charge in [0.2, 0.25) is 0 Å². The summed E-state index contributed by atoms with van der Waals surface area (Å²) in [6, 6.07) is 4.49. The summed E-state index contributed by atoms with van der Waals surface area (Å²) >= 11 is 0. The predicted molar refractivity (Wildman–Crippen MR) is 80.7 cm³/mol. The topological polar surface area (TPSA) is 29.5 Å². The lowest BCUT2D eigenvalue weighted by Gasteiger charge is -2.46. The van der Waals surface area contributed by atoms with Gasteiger partial charge in [-0.05, 0) is 55.7 Å². The zero-order valence-electron chi connectivity index (χ0n) is 12.9. The highest BCUT2D eigenvalue weighted by Gasteiger charge is 2.44. The summed E-state index contributed by atoms with van der Waals surface area (Å²) in [5.74, 6) is 1.72. The molecule has 1 aromatic carbocycles. The van der Waals surface area contributed by atoms with Gasteiger partial charge in [-0.1, -0.05) is 20.3 Å². The first-order valence-corrected chi connectivity index (χ1v) is 8.14. The molecule has 1 aliphatic heterocycles. The number of aliphatic hydroxyl groups is 1. The van der Waals surface area contributed by atoms with Gasteiger partial charge >= 0.3 is 0 Å². The van der Waals surface area contributed by atoms with E-state index in [2.05, 4.69) is 13.8 Å². The number of aliphatic hydroxyl groups excluding tert-OH is 1. The number of rotatable bonds is 2. The van der Waals surface area contributed by atoms with Crippen LogP contribution in [0.15, 0.2) is 18.2 Å². The highest BCUT2D eigenvalue weighted by molar-refractivity contribution is 5.38. The SMILES string of the molecule is CC(C)CC1CCCC2(C1)C[C@@H](O)c1cc(F)ccc1O2. The van der Waals surface area contributed by atoms with Crippen LogP contribution in [-0.2, 0) is 0 Å². The van der Waals surface area contributed by atoms with Crippen LogP contribution in [-0.4, -0.2) is 10.7 Å².